The van der Waals surface area contributed by atoms with Crippen LogP contribution in [0.3, 0.4) is 0 Å². The molecule has 1 aromatic heterocycles. The van der Waals surface area contributed by atoms with Crippen molar-refractivity contribution < 1.29 is 4.79 Å². The van der Waals surface area contributed by atoms with Crippen LogP contribution in [0.1, 0.15) is 30.6 Å². The van der Waals surface area contributed by atoms with Crippen molar-refractivity contribution in [1.82, 2.24) is 4.98 Å². The highest BCUT2D eigenvalue weighted by Gasteiger charge is 2.06. The summed E-state index contributed by atoms with van der Waals surface area (Å²) in [5.74, 6) is 1.10. The molecule has 3 heteroatoms. The van der Waals surface area contributed by atoms with Crippen LogP contribution in [0.25, 0.3) is 0 Å². The molecule has 0 saturated heterocycles. The molecule has 0 aliphatic rings. The van der Waals surface area contributed by atoms with Gasteiger partial charge >= 0.3 is 0 Å². The van der Waals surface area contributed by atoms with Crippen molar-refractivity contribution in [3.63, 3.8) is 0 Å². The van der Waals surface area contributed by atoms with Crippen LogP contribution >= 0.6 is 11.8 Å². The maximum atomic E-state index is 11.2. The van der Waals surface area contributed by atoms with E-state index in [9.17, 15) is 4.79 Å². The Labute approximate surface area is 82.8 Å². The average Bonchev–Trinajstić information content (AvgIpc) is 2.15. The highest BCUT2D eigenvalue weighted by atomic mass is 32.2. The molecule has 2 nitrogen and oxygen atoms in total. The summed E-state index contributed by atoms with van der Waals surface area (Å²) in [4.78, 5) is 15.4. The summed E-state index contributed by atoms with van der Waals surface area (Å²) < 4.78 is 0. The summed E-state index contributed by atoms with van der Waals surface area (Å²) in [6.45, 7) is 3.69. The van der Waals surface area contributed by atoms with E-state index >= 15 is 0 Å². The van der Waals surface area contributed by atoms with Gasteiger partial charge in [0.2, 0.25) is 0 Å². The number of rotatable bonds is 4. The molecular formula is C10H13NOS. The minimum absolute atomic E-state index is 0.0895. The largest absolute Gasteiger partial charge is 0.294 e. The number of hydrogen-bond donors (Lipinski definition) is 0. The van der Waals surface area contributed by atoms with Crippen LogP contribution in [-0.4, -0.2) is 16.5 Å². The van der Waals surface area contributed by atoms with E-state index in [1.807, 2.05) is 6.07 Å². The van der Waals surface area contributed by atoms with Crippen LogP contribution in [0.2, 0.25) is 0 Å². The van der Waals surface area contributed by atoms with E-state index in [0.29, 0.717) is 0 Å². The van der Waals surface area contributed by atoms with Gasteiger partial charge in [-0.15, -0.1) is 11.8 Å². The zero-order valence-electron chi connectivity index (χ0n) is 7.91. The molecule has 0 unspecified atom stereocenters. The third-order valence-corrected chi connectivity index (χ3v) is 2.80. The van der Waals surface area contributed by atoms with Crippen LogP contribution in [-0.2, 0) is 0 Å². The molecule has 0 amide bonds. The number of Topliss-reactive ketones (excluding diaryl/α,β-unsaturated/α-hetero) is 1. The Bertz CT molecular complexity index is 299. The van der Waals surface area contributed by atoms with Crippen molar-refractivity contribution in [2.24, 2.45) is 0 Å². The van der Waals surface area contributed by atoms with Gasteiger partial charge in [-0.3, -0.25) is 4.79 Å². The van der Waals surface area contributed by atoms with Gasteiger partial charge in [0.25, 0.3) is 0 Å². The molecule has 0 aliphatic heterocycles. The maximum absolute atomic E-state index is 11.2. The van der Waals surface area contributed by atoms with Crippen molar-refractivity contribution in [3.8, 4) is 0 Å². The topological polar surface area (TPSA) is 30.0 Å². The van der Waals surface area contributed by atoms with Gasteiger partial charge in [-0.2, -0.15) is 0 Å². The number of carbonyl (C=O) groups excluding carboxylic acids is 1. The van der Waals surface area contributed by atoms with E-state index in [-0.39, 0.29) is 5.78 Å². The van der Waals surface area contributed by atoms with Crippen LogP contribution in [0.15, 0.2) is 23.4 Å². The Morgan fingerprint density at radius 3 is 3.00 bits per heavy atom. The van der Waals surface area contributed by atoms with Gasteiger partial charge in [0.05, 0.1) is 0 Å². The summed E-state index contributed by atoms with van der Waals surface area (Å²) in [6, 6.07) is 3.63. The molecule has 0 aromatic carbocycles. The lowest BCUT2D eigenvalue weighted by Gasteiger charge is -2.03. The first-order valence-electron chi connectivity index (χ1n) is 4.34. The Kier molecular flexibility index (Phi) is 3.96. The fourth-order valence-electron chi connectivity index (χ4n) is 0.973. The molecule has 70 valence electrons. The monoisotopic (exact) mass is 195 g/mol. The Hall–Kier alpha value is -0.830. The standard InChI is InChI=1S/C10H13NOS/c1-3-7-13-10-9(8(2)12)5-4-6-11-10/h4-6H,3,7H2,1-2H3. The summed E-state index contributed by atoms with van der Waals surface area (Å²) in [5, 5.41) is 0.858. The minimum atomic E-state index is 0.0895. The molecule has 0 saturated carbocycles. The predicted molar refractivity (Wildman–Crippen MR) is 55.3 cm³/mol. The van der Waals surface area contributed by atoms with E-state index in [2.05, 4.69) is 11.9 Å². The molecular weight excluding hydrogens is 182 g/mol. The van der Waals surface area contributed by atoms with E-state index in [1.165, 1.54) is 0 Å². The van der Waals surface area contributed by atoms with Gasteiger partial charge in [0.15, 0.2) is 5.78 Å². The molecule has 1 rings (SSSR count). The van der Waals surface area contributed by atoms with Crippen molar-refractivity contribution in [2.75, 3.05) is 5.75 Å². The zero-order chi connectivity index (χ0) is 9.68. The number of ketones is 1. The quantitative estimate of drug-likeness (QED) is 0.546. The lowest BCUT2D eigenvalue weighted by molar-refractivity contribution is 0.101. The number of pyridine rings is 1. The third-order valence-electron chi connectivity index (χ3n) is 1.59. The molecule has 1 aromatic rings. The van der Waals surface area contributed by atoms with Crippen LogP contribution < -0.4 is 0 Å². The second-order valence-electron chi connectivity index (χ2n) is 2.76. The summed E-state index contributed by atoms with van der Waals surface area (Å²) >= 11 is 1.64. The lowest BCUT2D eigenvalue weighted by atomic mass is 10.2. The van der Waals surface area contributed by atoms with Crippen LogP contribution in [0.5, 0.6) is 0 Å². The fraction of sp³-hybridized carbons (Fsp3) is 0.400. The van der Waals surface area contributed by atoms with Gasteiger partial charge in [-0.05, 0) is 31.2 Å². The SMILES string of the molecule is CCCSc1ncccc1C(C)=O. The second kappa shape index (κ2) is 5.02. The van der Waals surface area contributed by atoms with Crippen LogP contribution in [0, 0.1) is 0 Å². The number of aromatic nitrogens is 1. The molecule has 0 fully saturated rings. The maximum Gasteiger partial charge on any atom is 0.162 e. The first kappa shape index (κ1) is 10.3. The highest BCUT2D eigenvalue weighted by Crippen LogP contribution is 2.20. The average molecular weight is 195 g/mol. The first-order chi connectivity index (χ1) is 6.25. The normalized spacial score (nSPS) is 10.0. The Morgan fingerprint density at radius 1 is 1.62 bits per heavy atom. The first-order valence-corrected chi connectivity index (χ1v) is 5.33. The molecule has 0 N–H and O–H groups in total. The van der Waals surface area contributed by atoms with Crippen molar-refractivity contribution in [2.45, 2.75) is 25.3 Å². The smallest absolute Gasteiger partial charge is 0.162 e. The minimum Gasteiger partial charge on any atom is -0.294 e. The van der Waals surface area contributed by atoms with E-state index in [1.54, 1.807) is 30.9 Å². The number of hydrogen-bond acceptors (Lipinski definition) is 3. The lowest BCUT2D eigenvalue weighted by Crippen LogP contribution is -1.97. The van der Waals surface area contributed by atoms with Gasteiger partial charge < -0.3 is 0 Å². The van der Waals surface area contributed by atoms with E-state index in [4.69, 9.17) is 0 Å². The summed E-state index contributed by atoms with van der Waals surface area (Å²) in [7, 11) is 0. The molecule has 13 heavy (non-hydrogen) atoms. The van der Waals surface area contributed by atoms with Gasteiger partial charge in [0, 0.05) is 11.8 Å². The predicted octanol–water partition coefficient (Wildman–Crippen LogP) is 2.79. The molecule has 1 heterocycles. The van der Waals surface area contributed by atoms with Crippen molar-refractivity contribution >= 4 is 17.5 Å². The number of carbonyl (C=O) groups is 1. The fourth-order valence-corrected chi connectivity index (χ4v) is 1.87. The van der Waals surface area contributed by atoms with E-state index in [0.717, 1.165) is 22.8 Å². The summed E-state index contributed by atoms with van der Waals surface area (Å²) in [5.41, 5.74) is 0.737. The Balaban J connectivity index is 2.84. The zero-order valence-corrected chi connectivity index (χ0v) is 8.73. The molecule has 0 spiro atoms. The number of nitrogens with zero attached hydrogens (tertiary/aromatic N) is 1. The highest BCUT2D eigenvalue weighted by molar-refractivity contribution is 7.99. The van der Waals surface area contributed by atoms with Gasteiger partial charge in [-0.25, -0.2) is 4.98 Å². The van der Waals surface area contributed by atoms with Gasteiger partial charge in [0.1, 0.15) is 5.03 Å². The third kappa shape index (κ3) is 2.84. The van der Waals surface area contributed by atoms with E-state index < -0.39 is 0 Å². The van der Waals surface area contributed by atoms with Crippen molar-refractivity contribution in [3.05, 3.63) is 23.9 Å². The second-order valence-corrected chi connectivity index (χ2v) is 3.84. The summed E-state index contributed by atoms with van der Waals surface area (Å²) in [6.07, 6.45) is 2.82. The Morgan fingerprint density at radius 2 is 2.38 bits per heavy atom. The van der Waals surface area contributed by atoms with Gasteiger partial charge in [-0.1, -0.05) is 6.92 Å². The van der Waals surface area contributed by atoms with Crippen molar-refractivity contribution in [1.29, 1.82) is 0 Å². The van der Waals surface area contributed by atoms with Crippen LogP contribution in [0.4, 0.5) is 0 Å². The molecule has 0 atom stereocenters. The number of thioether (sulfide) groups is 1. The molecule has 0 radical (unpaired) electrons. The molecule has 0 aliphatic carbocycles. The molecule has 0 bridgehead atoms.